The molecule has 2 aromatic heterocycles. The third kappa shape index (κ3) is 4.86. The number of rotatable bonds is 6. The van der Waals surface area contributed by atoms with Crippen molar-refractivity contribution in [2.24, 2.45) is 0 Å². The summed E-state index contributed by atoms with van der Waals surface area (Å²) >= 11 is 3.37. The first-order valence-corrected chi connectivity index (χ1v) is 9.53. The molecular formula is C19H23BrN4O. The predicted octanol–water partition coefficient (Wildman–Crippen LogP) is 3.68. The zero-order valence-electron chi connectivity index (χ0n) is 14.5. The molecule has 0 bridgehead atoms. The molecule has 0 radical (unpaired) electrons. The minimum Gasteiger partial charge on any atom is -0.369 e. The topological polar surface area (TPSA) is 58.1 Å². The van der Waals surface area contributed by atoms with Crippen molar-refractivity contribution >= 4 is 27.5 Å². The number of likely N-dealkylation sites (tertiary alicyclic amines) is 1. The van der Waals surface area contributed by atoms with Crippen molar-refractivity contribution in [1.29, 1.82) is 0 Å². The maximum absolute atomic E-state index is 12.7. The predicted molar refractivity (Wildman–Crippen MR) is 103 cm³/mol. The molecule has 0 spiro atoms. The average Bonchev–Trinajstić information content (AvgIpc) is 2.64. The molecule has 1 fully saturated rings. The smallest absolute Gasteiger partial charge is 0.213 e. The van der Waals surface area contributed by atoms with Crippen LogP contribution in [-0.4, -0.2) is 46.8 Å². The Morgan fingerprint density at radius 3 is 2.88 bits per heavy atom. The highest BCUT2D eigenvalue weighted by Gasteiger charge is 2.15. The number of aryl methyl sites for hydroxylation is 1. The molecule has 0 amide bonds. The van der Waals surface area contributed by atoms with Crippen molar-refractivity contribution in [1.82, 2.24) is 14.9 Å². The van der Waals surface area contributed by atoms with Gasteiger partial charge in [0.15, 0.2) is 0 Å². The summed E-state index contributed by atoms with van der Waals surface area (Å²) in [4.78, 5) is 23.9. The van der Waals surface area contributed by atoms with Gasteiger partial charge in [-0.3, -0.25) is 9.78 Å². The molecule has 0 aromatic carbocycles. The largest absolute Gasteiger partial charge is 0.369 e. The summed E-state index contributed by atoms with van der Waals surface area (Å²) < 4.78 is 0.789. The van der Waals surface area contributed by atoms with Crippen LogP contribution in [0.2, 0.25) is 0 Å². The van der Waals surface area contributed by atoms with E-state index in [0.717, 1.165) is 23.4 Å². The minimum absolute atomic E-state index is 0.106. The zero-order chi connectivity index (χ0) is 17.6. The van der Waals surface area contributed by atoms with Crippen molar-refractivity contribution < 1.29 is 4.79 Å². The van der Waals surface area contributed by atoms with E-state index < -0.39 is 0 Å². The van der Waals surface area contributed by atoms with Gasteiger partial charge in [0.05, 0.1) is 0 Å². The summed E-state index contributed by atoms with van der Waals surface area (Å²) in [5, 5.41) is 3.33. The SMILES string of the molecule is Cc1ncc(Br)cc1C(=O)c1cccc(NCCN2CCCCC2)n1. The first-order chi connectivity index (χ1) is 12.1. The first-order valence-electron chi connectivity index (χ1n) is 8.73. The van der Waals surface area contributed by atoms with Crippen LogP contribution in [0, 0.1) is 6.92 Å². The highest BCUT2D eigenvalue weighted by molar-refractivity contribution is 9.10. The number of ketones is 1. The summed E-state index contributed by atoms with van der Waals surface area (Å²) in [6.07, 6.45) is 5.63. The fraction of sp³-hybridized carbons (Fsp3) is 0.421. The fourth-order valence-electron chi connectivity index (χ4n) is 3.06. The molecule has 1 aliphatic heterocycles. The Labute approximate surface area is 157 Å². The molecule has 25 heavy (non-hydrogen) atoms. The molecule has 2 aromatic rings. The van der Waals surface area contributed by atoms with E-state index >= 15 is 0 Å². The van der Waals surface area contributed by atoms with Gasteiger partial charge in [0.25, 0.3) is 0 Å². The summed E-state index contributed by atoms with van der Waals surface area (Å²) in [7, 11) is 0. The zero-order valence-corrected chi connectivity index (χ0v) is 16.1. The quantitative estimate of drug-likeness (QED) is 0.746. The van der Waals surface area contributed by atoms with Gasteiger partial charge in [0.1, 0.15) is 11.5 Å². The van der Waals surface area contributed by atoms with E-state index in [4.69, 9.17) is 0 Å². The fourth-order valence-corrected chi connectivity index (χ4v) is 3.39. The monoisotopic (exact) mass is 402 g/mol. The van der Waals surface area contributed by atoms with Gasteiger partial charge in [-0.25, -0.2) is 4.98 Å². The highest BCUT2D eigenvalue weighted by atomic mass is 79.9. The second-order valence-corrected chi connectivity index (χ2v) is 7.27. The van der Waals surface area contributed by atoms with Crippen LogP contribution in [0.3, 0.4) is 0 Å². The Kier molecular flexibility index (Phi) is 6.15. The number of nitrogens with one attached hydrogen (secondary N) is 1. The number of hydrogen-bond donors (Lipinski definition) is 1. The van der Waals surface area contributed by atoms with Crippen LogP contribution in [0.1, 0.15) is 41.0 Å². The molecule has 1 N–H and O–H groups in total. The van der Waals surface area contributed by atoms with Gasteiger partial charge in [-0.05, 0) is 67.0 Å². The standard InChI is InChI=1S/C19H23BrN4O/c1-14-16(12-15(20)13-22-14)19(25)17-6-5-7-18(23-17)21-8-11-24-9-3-2-4-10-24/h5-7,12-13H,2-4,8-11H2,1H3,(H,21,23). The number of piperidine rings is 1. The maximum atomic E-state index is 12.7. The number of anilines is 1. The number of aromatic nitrogens is 2. The first kappa shape index (κ1) is 18.0. The van der Waals surface area contributed by atoms with Crippen LogP contribution in [0.15, 0.2) is 34.9 Å². The average molecular weight is 403 g/mol. The number of halogens is 1. The molecular weight excluding hydrogens is 380 g/mol. The van der Waals surface area contributed by atoms with Crippen molar-refractivity contribution in [3.05, 3.63) is 51.9 Å². The summed E-state index contributed by atoms with van der Waals surface area (Å²) in [6.45, 7) is 6.04. The molecule has 0 aliphatic carbocycles. The van der Waals surface area contributed by atoms with Crippen molar-refractivity contribution in [2.75, 3.05) is 31.5 Å². The third-order valence-corrected chi connectivity index (χ3v) is 4.90. The molecule has 1 aliphatic rings. The lowest BCUT2D eigenvalue weighted by atomic mass is 10.1. The van der Waals surface area contributed by atoms with E-state index in [1.807, 2.05) is 19.1 Å². The lowest BCUT2D eigenvalue weighted by molar-refractivity contribution is 0.103. The number of carbonyl (C=O) groups is 1. The van der Waals surface area contributed by atoms with Gasteiger partial charge in [0, 0.05) is 35.0 Å². The van der Waals surface area contributed by atoms with Crippen LogP contribution < -0.4 is 5.32 Å². The van der Waals surface area contributed by atoms with Crippen molar-refractivity contribution in [3.8, 4) is 0 Å². The van der Waals surface area contributed by atoms with E-state index in [9.17, 15) is 4.79 Å². The van der Waals surface area contributed by atoms with Gasteiger partial charge in [-0.15, -0.1) is 0 Å². The van der Waals surface area contributed by atoms with Crippen molar-refractivity contribution in [3.63, 3.8) is 0 Å². The van der Waals surface area contributed by atoms with E-state index in [2.05, 4.69) is 36.1 Å². The van der Waals surface area contributed by atoms with Crippen LogP contribution in [0.4, 0.5) is 5.82 Å². The van der Waals surface area contributed by atoms with Gasteiger partial charge < -0.3 is 10.2 Å². The number of nitrogens with zero attached hydrogens (tertiary/aromatic N) is 3. The lowest BCUT2D eigenvalue weighted by Crippen LogP contribution is -2.33. The maximum Gasteiger partial charge on any atom is 0.213 e. The second-order valence-electron chi connectivity index (χ2n) is 6.35. The minimum atomic E-state index is -0.106. The summed E-state index contributed by atoms with van der Waals surface area (Å²) in [5.74, 6) is 0.634. The Balaban J connectivity index is 1.64. The van der Waals surface area contributed by atoms with E-state index in [1.165, 1.54) is 32.4 Å². The Bertz CT molecular complexity index is 744. The summed E-state index contributed by atoms with van der Waals surface area (Å²) in [5.41, 5.74) is 1.72. The van der Waals surface area contributed by atoms with Crippen LogP contribution >= 0.6 is 15.9 Å². The van der Waals surface area contributed by atoms with E-state index in [0.29, 0.717) is 17.0 Å². The molecule has 5 nitrogen and oxygen atoms in total. The lowest BCUT2D eigenvalue weighted by Gasteiger charge is -2.26. The molecule has 3 heterocycles. The van der Waals surface area contributed by atoms with Gasteiger partial charge in [-0.1, -0.05) is 12.5 Å². The molecule has 0 atom stereocenters. The number of hydrogen-bond acceptors (Lipinski definition) is 5. The van der Waals surface area contributed by atoms with E-state index in [-0.39, 0.29) is 5.78 Å². The molecule has 0 unspecified atom stereocenters. The van der Waals surface area contributed by atoms with Crippen LogP contribution in [-0.2, 0) is 0 Å². The molecule has 6 heteroatoms. The molecule has 1 saturated heterocycles. The third-order valence-electron chi connectivity index (χ3n) is 4.46. The second kappa shape index (κ2) is 8.54. The van der Waals surface area contributed by atoms with Gasteiger partial charge in [0.2, 0.25) is 5.78 Å². The van der Waals surface area contributed by atoms with Crippen molar-refractivity contribution in [2.45, 2.75) is 26.2 Å². The molecule has 0 saturated carbocycles. The van der Waals surface area contributed by atoms with Crippen LogP contribution in [0.25, 0.3) is 0 Å². The number of pyridine rings is 2. The van der Waals surface area contributed by atoms with Crippen LogP contribution in [0.5, 0.6) is 0 Å². The van der Waals surface area contributed by atoms with Gasteiger partial charge in [-0.2, -0.15) is 0 Å². The number of carbonyl (C=O) groups excluding carboxylic acids is 1. The Morgan fingerprint density at radius 1 is 1.28 bits per heavy atom. The highest BCUT2D eigenvalue weighted by Crippen LogP contribution is 2.17. The normalized spacial score (nSPS) is 15.1. The summed E-state index contributed by atoms with van der Waals surface area (Å²) in [6, 6.07) is 7.31. The molecule has 3 rings (SSSR count). The Hall–Kier alpha value is -1.79. The molecule has 132 valence electrons. The van der Waals surface area contributed by atoms with E-state index in [1.54, 1.807) is 18.3 Å². The van der Waals surface area contributed by atoms with Gasteiger partial charge >= 0.3 is 0 Å². The Morgan fingerprint density at radius 2 is 2.08 bits per heavy atom.